The van der Waals surface area contributed by atoms with E-state index < -0.39 is 0 Å². The molecule has 2 aromatic heterocycles. The van der Waals surface area contributed by atoms with Crippen LogP contribution in [0.25, 0.3) is 5.69 Å². The van der Waals surface area contributed by atoms with E-state index in [1.165, 1.54) is 23.7 Å². The first kappa shape index (κ1) is 23.2. The number of hydrogen-bond acceptors (Lipinski definition) is 5. The van der Waals surface area contributed by atoms with E-state index in [0.717, 1.165) is 42.2 Å². The Kier molecular flexibility index (Phi) is 7.44. The maximum Gasteiger partial charge on any atom is 0.237 e. The molecule has 6 nitrogen and oxygen atoms in total. The minimum atomic E-state index is 0.0479. The normalized spacial score (nSPS) is 13.4. The van der Waals surface area contributed by atoms with Crippen LogP contribution in [0.4, 0.5) is 0 Å². The fourth-order valence-corrected chi connectivity index (χ4v) is 5.15. The number of nitrogens with zero attached hydrogens (tertiary/aromatic N) is 4. The molecule has 0 bridgehead atoms. The molecule has 35 heavy (non-hydrogen) atoms. The van der Waals surface area contributed by atoms with Crippen molar-refractivity contribution in [2.75, 3.05) is 5.75 Å². The van der Waals surface area contributed by atoms with Gasteiger partial charge in [0.2, 0.25) is 5.91 Å². The van der Waals surface area contributed by atoms with Gasteiger partial charge in [-0.2, -0.15) is 0 Å². The maximum atomic E-state index is 13.5. The van der Waals surface area contributed by atoms with Gasteiger partial charge in [-0.05, 0) is 55.5 Å². The molecule has 0 N–H and O–H groups in total. The minimum absolute atomic E-state index is 0.0479. The number of allylic oxidation sites excluding steroid dienone is 2. The lowest BCUT2D eigenvalue weighted by Crippen LogP contribution is -2.32. The summed E-state index contributed by atoms with van der Waals surface area (Å²) in [4.78, 5) is 15.3. The Bertz CT molecular complexity index is 1270. The Morgan fingerprint density at radius 1 is 0.971 bits per heavy atom. The Labute approximate surface area is 209 Å². The van der Waals surface area contributed by atoms with Gasteiger partial charge in [0, 0.05) is 17.8 Å². The molecule has 5 rings (SSSR count). The van der Waals surface area contributed by atoms with Gasteiger partial charge in [-0.3, -0.25) is 9.36 Å². The quantitative estimate of drug-likeness (QED) is 0.271. The third kappa shape index (κ3) is 5.74. The Hall–Kier alpha value is -3.58. The average Bonchev–Trinajstić information content (AvgIpc) is 3.57. The van der Waals surface area contributed by atoms with E-state index in [9.17, 15) is 4.79 Å². The molecule has 0 atom stereocenters. The number of benzene rings is 2. The van der Waals surface area contributed by atoms with E-state index in [1.54, 1.807) is 6.26 Å². The molecule has 0 radical (unpaired) electrons. The van der Waals surface area contributed by atoms with Gasteiger partial charge in [-0.1, -0.05) is 66.4 Å². The van der Waals surface area contributed by atoms with Gasteiger partial charge >= 0.3 is 0 Å². The lowest BCUT2D eigenvalue weighted by Gasteiger charge is -2.27. The lowest BCUT2D eigenvalue weighted by molar-refractivity contribution is -0.127. The smallest absolute Gasteiger partial charge is 0.237 e. The summed E-state index contributed by atoms with van der Waals surface area (Å²) in [6, 6.07) is 24.1. The van der Waals surface area contributed by atoms with Gasteiger partial charge in [-0.15, -0.1) is 10.2 Å². The molecule has 0 unspecified atom stereocenters. The summed E-state index contributed by atoms with van der Waals surface area (Å²) in [6.07, 6.45) is 8.71. The number of amides is 1. The highest BCUT2D eigenvalue weighted by Crippen LogP contribution is 2.27. The van der Waals surface area contributed by atoms with Crippen molar-refractivity contribution in [2.24, 2.45) is 0 Å². The standard InChI is InChI=1S/C28H28N4O2S/c33-27(31(20-25-17-10-18-34-25)23-13-6-2-7-14-23)21-35-28-30-29-26(19-22-11-4-1-5-12-22)32(28)24-15-8-3-9-16-24/h1,3-5,8-13,15-18H,2,6-7,14,19-21H2. The summed E-state index contributed by atoms with van der Waals surface area (Å²) in [5, 5.41) is 9.70. The van der Waals surface area contributed by atoms with E-state index in [4.69, 9.17) is 4.42 Å². The van der Waals surface area contributed by atoms with Crippen molar-refractivity contribution in [1.82, 2.24) is 19.7 Å². The van der Waals surface area contributed by atoms with Crippen molar-refractivity contribution in [3.05, 3.63) is 108 Å². The van der Waals surface area contributed by atoms with Crippen molar-refractivity contribution in [3.8, 4) is 5.69 Å². The van der Waals surface area contributed by atoms with E-state index in [1.807, 2.05) is 65.6 Å². The Morgan fingerprint density at radius 3 is 2.49 bits per heavy atom. The van der Waals surface area contributed by atoms with E-state index in [2.05, 4.69) is 33.0 Å². The highest BCUT2D eigenvalue weighted by Gasteiger charge is 2.23. The fraction of sp³-hybridized carbons (Fsp3) is 0.250. The highest BCUT2D eigenvalue weighted by atomic mass is 32.2. The lowest BCUT2D eigenvalue weighted by atomic mass is 10.0. The van der Waals surface area contributed by atoms with Gasteiger partial charge in [0.15, 0.2) is 5.16 Å². The van der Waals surface area contributed by atoms with Gasteiger partial charge in [-0.25, -0.2) is 0 Å². The zero-order chi connectivity index (χ0) is 23.9. The number of furan rings is 1. The molecule has 178 valence electrons. The zero-order valence-corrected chi connectivity index (χ0v) is 20.4. The molecular formula is C28H28N4O2S. The maximum absolute atomic E-state index is 13.5. The van der Waals surface area contributed by atoms with E-state index in [-0.39, 0.29) is 11.7 Å². The number of rotatable bonds is 9. The second-order valence-electron chi connectivity index (χ2n) is 8.52. The summed E-state index contributed by atoms with van der Waals surface area (Å²) in [5.41, 5.74) is 3.24. The number of aromatic nitrogens is 3. The topological polar surface area (TPSA) is 64.2 Å². The third-order valence-corrected chi connectivity index (χ3v) is 6.97. The van der Waals surface area contributed by atoms with Crippen LogP contribution >= 0.6 is 11.8 Å². The molecule has 2 aromatic carbocycles. The zero-order valence-electron chi connectivity index (χ0n) is 19.5. The number of para-hydroxylation sites is 1. The molecule has 4 aromatic rings. The number of thioether (sulfide) groups is 1. The van der Waals surface area contributed by atoms with Gasteiger partial charge in [0.05, 0.1) is 18.6 Å². The fourth-order valence-electron chi connectivity index (χ4n) is 4.30. The molecule has 0 saturated carbocycles. The molecule has 0 fully saturated rings. The monoisotopic (exact) mass is 484 g/mol. The van der Waals surface area contributed by atoms with Crippen LogP contribution in [0.3, 0.4) is 0 Å². The predicted octanol–water partition coefficient (Wildman–Crippen LogP) is 6.03. The van der Waals surface area contributed by atoms with Crippen LogP contribution < -0.4 is 0 Å². The highest BCUT2D eigenvalue weighted by molar-refractivity contribution is 7.99. The van der Waals surface area contributed by atoms with Crippen molar-refractivity contribution < 1.29 is 9.21 Å². The van der Waals surface area contributed by atoms with Gasteiger partial charge in [0.1, 0.15) is 11.6 Å². The van der Waals surface area contributed by atoms with Crippen LogP contribution in [0.1, 0.15) is 42.8 Å². The molecule has 1 aliphatic rings. The molecule has 0 spiro atoms. The van der Waals surface area contributed by atoms with Gasteiger partial charge in [0.25, 0.3) is 0 Å². The molecule has 1 amide bonds. The number of carbonyl (C=O) groups excluding carboxylic acids is 1. The molecule has 2 heterocycles. The van der Waals surface area contributed by atoms with Crippen LogP contribution in [0, 0.1) is 0 Å². The summed E-state index contributed by atoms with van der Waals surface area (Å²) in [5.74, 6) is 1.95. The SMILES string of the molecule is O=C(CSc1nnc(Cc2ccccc2)n1-c1ccccc1)N(Cc1ccco1)C1=CCCCC1. The van der Waals surface area contributed by atoms with Crippen molar-refractivity contribution in [1.29, 1.82) is 0 Å². The van der Waals surface area contributed by atoms with Crippen molar-refractivity contribution >= 4 is 17.7 Å². The molecule has 0 saturated heterocycles. The average molecular weight is 485 g/mol. The first-order valence-electron chi connectivity index (χ1n) is 12.0. The van der Waals surface area contributed by atoms with Crippen molar-refractivity contribution in [3.63, 3.8) is 0 Å². The third-order valence-electron chi connectivity index (χ3n) is 6.05. The minimum Gasteiger partial charge on any atom is -0.467 e. The van der Waals surface area contributed by atoms with Crippen molar-refractivity contribution in [2.45, 2.75) is 43.8 Å². The molecule has 7 heteroatoms. The van der Waals surface area contributed by atoms with Crippen LogP contribution in [-0.4, -0.2) is 31.3 Å². The van der Waals surface area contributed by atoms with Crippen LogP contribution in [-0.2, 0) is 17.8 Å². The number of hydrogen-bond donors (Lipinski definition) is 0. The molecular weight excluding hydrogens is 456 g/mol. The molecule has 1 aliphatic carbocycles. The van der Waals surface area contributed by atoms with E-state index in [0.29, 0.717) is 18.1 Å². The Morgan fingerprint density at radius 2 is 1.77 bits per heavy atom. The summed E-state index contributed by atoms with van der Waals surface area (Å²) >= 11 is 1.43. The van der Waals surface area contributed by atoms with Crippen LogP contribution in [0.2, 0.25) is 0 Å². The Balaban J connectivity index is 1.37. The summed E-state index contributed by atoms with van der Waals surface area (Å²) in [6.45, 7) is 0.447. The number of carbonyl (C=O) groups is 1. The predicted molar refractivity (Wildman–Crippen MR) is 137 cm³/mol. The van der Waals surface area contributed by atoms with Gasteiger partial charge < -0.3 is 9.32 Å². The first-order valence-corrected chi connectivity index (χ1v) is 12.9. The first-order chi connectivity index (χ1) is 17.3. The van der Waals surface area contributed by atoms with E-state index >= 15 is 0 Å². The largest absolute Gasteiger partial charge is 0.467 e. The van der Waals surface area contributed by atoms with Crippen LogP contribution in [0.15, 0.2) is 100 Å². The summed E-state index contributed by atoms with van der Waals surface area (Å²) < 4.78 is 7.61. The second kappa shape index (κ2) is 11.2. The summed E-state index contributed by atoms with van der Waals surface area (Å²) in [7, 11) is 0. The second-order valence-corrected chi connectivity index (χ2v) is 9.46. The van der Waals surface area contributed by atoms with Crippen LogP contribution in [0.5, 0.6) is 0 Å². The molecule has 0 aliphatic heterocycles.